The molecule has 0 radical (unpaired) electrons. The number of carboxylic acid groups (broad SMARTS) is 1. The zero-order valence-electron chi connectivity index (χ0n) is 22.2. The second-order valence-electron chi connectivity index (χ2n) is 10.5. The molecule has 4 rings (SSSR count). The normalized spacial score (nSPS) is 15.7. The monoisotopic (exact) mass is 538 g/mol. The summed E-state index contributed by atoms with van der Waals surface area (Å²) in [5.74, 6) is 0.395. The molecule has 38 heavy (non-hydrogen) atoms. The minimum atomic E-state index is -3.34. The van der Waals surface area contributed by atoms with Crippen LogP contribution in [-0.2, 0) is 20.9 Å². The summed E-state index contributed by atoms with van der Waals surface area (Å²) in [6, 6.07) is 17.4. The molecule has 9 heteroatoms. The van der Waals surface area contributed by atoms with Crippen LogP contribution in [0.4, 0.5) is 4.79 Å². The number of amides is 1. The third-order valence-electron chi connectivity index (χ3n) is 7.62. The maximum Gasteiger partial charge on any atom is 0.407 e. The summed E-state index contributed by atoms with van der Waals surface area (Å²) < 4.78 is 31.6. The van der Waals surface area contributed by atoms with Gasteiger partial charge in [0.2, 0.25) is 0 Å². The van der Waals surface area contributed by atoms with Gasteiger partial charge in [0.25, 0.3) is 5.56 Å². The van der Waals surface area contributed by atoms with Gasteiger partial charge in [-0.15, -0.1) is 0 Å². The lowest BCUT2D eigenvalue weighted by atomic mass is 9.73. The second-order valence-corrected chi connectivity index (χ2v) is 12.5. The molecular weight excluding hydrogens is 504 g/mol. The number of piperidine rings is 1. The molecule has 1 saturated heterocycles. The van der Waals surface area contributed by atoms with E-state index in [-0.39, 0.29) is 15.9 Å². The van der Waals surface area contributed by atoms with Crippen molar-refractivity contribution >= 4 is 15.9 Å². The Balaban J connectivity index is 1.72. The Labute approximate surface area is 223 Å². The minimum absolute atomic E-state index is 0.127. The van der Waals surface area contributed by atoms with E-state index in [1.807, 2.05) is 18.2 Å². The van der Waals surface area contributed by atoms with Gasteiger partial charge in [0, 0.05) is 50.1 Å². The van der Waals surface area contributed by atoms with E-state index in [0.717, 1.165) is 23.8 Å². The van der Waals surface area contributed by atoms with Crippen molar-refractivity contribution in [2.24, 2.45) is 0 Å². The molecule has 2 aromatic carbocycles. The smallest absolute Gasteiger partial charge is 0.407 e. The number of pyridine rings is 1. The average molecular weight is 539 g/mol. The molecule has 0 bridgehead atoms. The molecule has 1 amide bonds. The van der Waals surface area contributed by atoms with Gasteiger partial charge in [-0.1, -0.05) is 45.0 Å². The van der Waals surface area contributed by atoms with Crippen LogP contribution in [0, 0.1) is 0 Å². The molecule has 1 fully saturated rings. The highest BCUT2D eigenvalue weighted by Gasteiger charge is 2.42. The number of carbonyl (C=O) groups is 1. The van der Waals surface area contributed by atoms with Gasteiger partial charge in [-0.3, -0.25) is 9.36 Å². The second kappa shape index (κ2) is 10.3. The van der Waals surface area contributed by atoms with E-state index in [9.17, 15) is 23.1 Å². The van der Waals surface area contributed by atoms with Crippen LogP contribution in [0.15, 0.2) is 76.6 Å². The van der Waals surface area contributed by atoms with Crippen LogP contribution in [0.2, 0.25) is 0 Å². The van der Waals surface area contributed by atoms with Crippen LogP contribution in [-0.4, -0.2) is 48.4 Å². The van der Waals surface area contributed by atoms with Crippen LogP contribution in [0.5, 0.6) is 5.75 Å². The fraction of sp³-hybridized carbons (Fsp3) is 0.379. The first-order valence-electron chi connectivity index (χ1n) is 12.7. The number of benzene rings is 2. The average Bonchev–Trinajstić information content (AvgIpc) is 2.88. The van der Waals surface area contributed by atoms with E-state index in [2.05, 4.69) is 26.8 Å². The zero-order valence-corrected chi connectivity index (χ0v) is 23.0. The van der Waals surface area contributed by atoms with Crippen LogP contribution in [0.1, 0.15) is 51.2 Å². The van der Waals surface area contributed by atoms with E-state index in [0.29, 0.717) is 37.4 Å². The van der Waals surface area contributed by atoms with Crippen molar-refractivity contribution in [1.82, 2.24) is 9.47 Å². The van der Waals surface area contributed by atoms with Gasteiger partial charge in [-0.05, 0) is 53.3 Å². The molecule has 0 saturated carbocycles. The highest BCUT2D eigenvalue weighted by Crippen LogP contribution is 2.43. The summed E-state index contributed by atoms with van der Waals surface area (Å²) in [7, 11) is -3.34. The molecule has 1 aliphatic rings. The predicted octanol–water partition coefficient (Wildman–Crippen LogP) is 4.98. The Morgan fingerprint density at radius 2 is 1.68 bits per heavy atom. The third-order valence-corrected chi connectivity index (χ3v) is 8.75. The van der Waals surface area contributed by atoms with Gasteiger partial charge in [0.05, 0.1) is 4.90 Å². The van der Waals surface area contributed by atoms with Crippen molar-refractivity contribution in [3.05, 3.63) is 88.3 Å². The fourth-order valence-electron chi connectivity index (χ4n) is 4.96. The maximum absolute atomic E-state index is 13.1. The van der Waals surface area contributed by atoms with Crippen LogP contribution in [0.3, 0.4) is 0 Å². The van der Waals surface area contributed by atoms with Gasteiger partial charge in [-0.25, -0.2) is 13.2 Å². The molecule has 1 aliphatic heterocycles. The zero-order chi connectivity index (χ0) is 27.7. The van der Waals surface area contributed by atoms with Gasteiger partial charge >= 0.3 is 6.09 Å². The third kappa shape index (κ3) is 5.48. The molecule has 0 aliphatic carbocycles. The van der Waals surface area contributed by atoms with Gasteiger partial charge in [0.15, 0.2) is 9.84 Å². The molecule has 0 spiro atoms. The lowest BCUT2D eigenvalue weighted by Crippen LogP contribution is -2.48. The van der Waals surface area contributed by atoms with Crippen LogP contribution >= 0.6 is 0 Å². The summed E-state index contributed by atoms with van der Waals surface area (Å²) in [6.07, 6.45) is 3.60. The van der Waals surface area contributed by atoms with Crippen molar-refractivity contribution in [1.29, 1.82) is 0 Å². The molecular formula is C29H34N2O6S. The SMILES string of the molecule is CCC(C)(C)c1ccccc1C1(Oc2ccn(-c3ccc(S(C)(=O)=O)cc3)c(=O)c2)CCN(C(=O)O)CC1. The van der Waals surface area contributed by atoms with Crippen molar-refractivity contribution in [3.8, 4) is 11.4 Å². The lowest BCUT2D eigenvalue weighted by Gasteiger charge is -2.44. The Morgan fingerprint density at radius 1 is 1.05 bits per heavy atom. The summed E-state index contributed by atoms with van der Waals surface area (Å²) >= 11 is 0. The quantitative estimate of drug-likeness (QED) is 0.455. The van der Waals surface area contributed by atoms with E-state index >= 15 is 0 Å². The van der Waals surface area contributed by atoms with E-state index in [1.165, 1.54) is 27.7 Å². The Morgan fingerprint density at radius 3 is 2.24 bits per heavy atom. The molecule has 2 heterocycles. The van der Waals surface area contributed by atoms with Crippen LogP contribution < -0.4 is 10.3 Å². The summed E-state index contributed by atoms with van der Waals surface area (Å²) in [5, 5.41) is 9.54. The highest BCUT2D eigenvalue weighted by molar-refractivity contribution is 7.90. The van der Waals surface area contributed by atoms with Crippen molar-refractivity contribution < 1.29 is 23.1 Å². The molecule has 1 aromatic heterocycles. The molecule has 1 N–H and O–H groups in total. The number of hydrogen-bond donors (Lipinski definition) is 1. The Kier molecular flexibility index (Phi) is 7.43. The van der Waals surface area contributed by atoms with Gasteiger partial charge in [0.1, 0.15) is 11.4 Å². The molecule has 202 valence electrons. The topological polar surface area (TPSA) is 106 Å². The summed E-state index contributed by atoms with van der Waals surface area (Å²) in [5.41, 5.74) is 1.44. The molecule has 8 nitrogen and oxygen atoms in total. The van der Waals surface area contributed by atoms with Gasteiger partial charge < -0.3 is 14.7 Å². The van der Waals surface area contributed by atoms with Crippen molar-refractivity contribution in [3.63, 3.8) is 0 Å². The summed E-state index contributed by atoms with van der Waals surface area (Å²) in [6.45, 7) is 7.14. The van der Waals surface area contributed by atoms with Gasteiger partial charge in [-0.2, -0.15) is 0 Å². The van der Waals surface area contributed by atoms with E-state index in [4.69, 9.17) is 4.74 Å². The minimum Gasteiger partial charge on any atom is -0.482 e. The largest absolute Gasteiger partial charge is 0.482 e. The Bertz CT molecular complexity index is 1480. The number of ether oxygens (including phenoxy) is 1. The molecule has 0 atom stereocenters. The number of rotatable bonds is 7. The van der Waals surface area contributed by atoms with E-state index in [1.54, 1.807) is 24.4 Å². The van der Waals surface area contributed by atoms with Crippen LogP contribution in [0.25, 0.3) is 5.69 Å². The standard InChI is InChI=1S/C29H34N2O6S/c1-5-28(2,3)24-8-6-7-9-25(24)29(15-18-30(19-16-29)27(33)34)37-22-14-17-31(26(32)20-22)21-10-12-23(13-11-21)38(4,35)36/h6-14,17,20H,5,15-16,18-19H2,1-4H3,(H,33,34). The number of sulfone groups is 1. The van der Waals surface area contributed by atoms with E-state index < -0.39 is 21.5 Å². The Hall–Kier alpha value is -3.59. The first kappa shape index (κ1) is 27.4. The first-order chi connectivity index (χ1) is 17.9. The molecule has 3 aromatic rings. The number of nitrogens with zero attached hydrogens (tertiary/aromatic N) is 2. The molecule has 0 unspecified atom stereocenters. The summed E-state index contributed by atoms with van der Waals surface area (Å²) in [4.78, 5) is 26.3. The number of aromatic nitrogens is 1. The number of likely N-dealkylation sites (tertiary alicyclic amines) is 1. The number of hydrogen-bond acceptors (Lipinski definition) is 5. The predicted molar refractivity (Wildman–Crippen MR) is 146 cm³/mol. The fourth-order valence-corrected chi connectivity index (χ4v) is 5.59. The maximum atomic E-state index is 13.1. The lowest BCUT2D eigenvalue weighted by molar-refractivity contribution is -0.000343. The highest BCUT2D eigenvalue weighted by atomic mass is 32.2. The van der Waals surface area contributed by atoms with Crippen molar-refractivity contribution in [2.45, 2.75) is 55.9 Å². The van der Waals surface area contributed by atoms with Crippen molar-refractivity contribution in [2.75, 3.05) is 19.3 Å². The first-order valence-corrected chi connectivity index (χ1v) is 14.6.